The molecule has 1 aromatic carbocycles. The summed E-state index contributed by atoms with van der Waals surface area (Å²) in [5.74, 6) is -0.440. The highest BCUT2D eigenvalue weighted by atomic mass is 32.2. The zero-order valence-corrected chi connectivity index (χ0v) is 16.2. The van der Waals surface area contributed by atoms with Crippen LogP contribution in [-0.2, 0) is 14.8 Å². The molecule has 0 saturated carbocycles. The average molecular weight is 406 g/mol. The lowest BCUT2D eigenvalue weighted by Gasteiger charge is -2.28. The summed E-state index contributed by atoms with van der Waals surface area (Å²) in [7, 11) is -3.78. The van der Waals surface area contributed by atoms with Gasteiger partial charge in [-0.05, 0) is 55.7 Å². The van der Waals surface area contributed by atoms with Crippen molar-refractivity contribution in [3.05, 3.63) is 48.4 Å². The van der Waals surface area contributed by atoms with Gasteiger partial charge in [0, 0.05) is 26.1 Å². The molecule has 7 nitrogen and oxygen atoms in total. The van der Waals surface area contributed by atoms with E-state index in [0.717, 1.165) is 30.9 Å². The van der Waals surface area contributed by atoms with Crippen LogP contribution in [0.25, 0.3) is 0 Å². The largest absolute Gasteiger partial charge is 0.370 e. The van der Waals surface area contributed by atoms with E-state index in [1.807, 2.05) is 6.07 Å². The van der Waals surface area contributed by atoms with Gasteiger partial charge >= 0.3 is 0 Å². The van der Waals surface area contributed by atoms with E-state index in [1.54, 1.807) is 12.3 Å². The smallest absolute Gasteiger partial charge is 0.240 e. The lowest BCUT2D eigenvalue weighted by atomic mass is 10.1. The molecule has 1 aliphatic rings. The fourth-order valence-corrected chi connectivity index (χ4v) is 4.03. The third-order valence-electron chi connectivity index (χ3n) is 4.50. The fraction of sp³-hybridized carbons (Fsp3) is 0.368. The minimum atomic E-state index is -3.78. The lowest BCUT2D eigenvalue weighted by molar-refractivity contribution is -0.116. The summed E-state index contributed by atoms with van der Waals surface area (Å²) in [5.41, 5.74) is 1.03. The summed E-state index contributed by atoms with van der Waals surface area (Å²) in [6.07, 6.45) is 5.29. The van der Waals surface area contributed by atoms with Crippen molar-refractivity contribution in [1.82, 2.24) is 9.71 Å². The van der Waals surface area contributed by atoms with Crippen LogP contribution in [0.5, 0.6) is 0 Å². The molecule has 150 valence electrons. The summed E-state index contributed by atoms with van der Waals surface area (Å²) in [6, 6.07) is 8.15. The van der Waals surface area contributed by atoms with Crippen molar-refractivity contribution >= 4 is 27.4 Å². The van der Waals surface area contributed by atoms with E-state index in [4.69, 9.17) is 0 Å². The molecule has 0 spiro atoms. The van der Waals surface area contributed by atoms with E-state index in [1.165, 1.54) is 31.4 Å². The number of carbonyl (C=O) groups excluding carboxylic acids is 1. The summed E-state index contributed by atoms with van der Waals surface area (Å²) in [5, 5.41) is 2.65. The van der Waals surface area contributed by atoms with Crippen LogP contribution in [0, 0.1) is 5.82 Å². The Kier molecular flexibility index (Phi) is 6.58. The SMILES string of the molecule is O=C(CCNS(=O)(=O)c1ccc(F)cc1)Nc1ccc(N2CCCCC2)cn1. The van der Waals surface area contributed by atoms with Crippen molar-refractivity contribution in [3.63, 3.8) is 0 Å². The average Bonchev–Trinajstić information content (AvgIpc) is 2.69. The predicted octanol–water partition coefficient (Wildman–Crippen LogP) is 2.52. The Bertz CT molecular complexity index is 896. The highest BCUT2D eigenvalue weighted by Crippen LogP contribution is 2.20. The van der Waals surface area contributed by atoms with Gasteiger partial charge in [-0.2, -0.15) is 0 Å². The molecule has 1 amide bonds. The molecule has 0 bridgehead atoms. The summed E-state index contributed by atoms with van der Waals surface area (Å²) >= 11 is 0. The Morgan fingerprint density at radius 3 is 2.43 bits per heavy atom. The molecule has 1 saturated heterocycles. The Labute approximate surface area is 164 Å². The monoisotopic (exact) mass is 406 g/mol. The summed E-state index contributed by atoms with van der Waals surface area (Å²) < 4.78 is 39.4. The molecule has 0 unspecified atom stereocenters. The number of rotatable bonds is 7. The van der Waals surface area contributed by atoms with Crippen molar-refractivity contribution in [2.45, 2.75) is 30.6 Å². The molecule has 3 rings (SSSR count). The lowest BCUT2D eigenvalue weighted by Crippen LogP contribution is -2.29. The van der Waals surface area contributed by atoms with Crippen molar-refractivity contribution in [3.8, 4) is 0 Å². The Balaban J connectivity index is 1.47. The number of nitrogens with one attached hydrogen (secondary N) is 2. The molecular formula is C19H23FN4O3S. The normalized spacial score (nSPS) is 14.7. The number of hydrogen-bond donors (Lipinski definition) is 2. The predicted molar refractivity (Wildman–Crippen MR) is 105 cm³/mol. The molecule has 0 aliphatic carbocycles. The van der Waals surface area contributed by atoms with Crippen molar-refractivity contribution in [1.29, 1.82) is 0 Å². The first-order valence-electron chi connectivity index (χ1n) is 9.20. The Morgan fingerprint density at radius 1 is 1.07 bits per heavy atom. The topological polar surface area (TPSA) is 91.4 Å². The van der Waals surface area contributed by atoms with E-state index in [2.05, 4.69) is 19.9 Å². The van der Waals surface area contributed by atoms with Gasteiger partial charge in [-0.1, -0.05) is 0 Å². The molecule has 0 atom stereocenters. The standard InChI is InChI=1S/C19H23FN4O3S/c20-15-4-7-17(8-5-15)28(26,27)22-11-10-19(25)23-18-9-6-16(14-21-18)24-12-2-1-3-13-24/h4-9,14,22H,1-3,10-13H2,(H,21,23,25). The molecule has 1 fully saturated rings. The van der Waals surface area contributed by atoms with Crippen LogP contribution in [0.4, 0.5) is 15.9 Å². The van der Waals surface area contributed by atoms with Crippen LogP contribution in [0.1, 0.15) is 25.7 Å². The molecule has 9 heteroatoms. The fourth-order valence-electron chi connectivity index (χ4n) is 3.00. The van der Waals surface area contributed by atoms with Gasteiger partial charge in [-0.3, -0.25) is 4.79 Å². The second kappa shape index (κ2) is 9.11. The second-order valence-corrected chi connectivity index (χ2v) is 8.37. The Morgan fingerprint density at radius 2 is 1.79 bits per heavy atom. The molecule has 28 heavy (non-hydrogen) atoms. The number of aromatic nitrogens is 1. The summed E-state index contributed by atoms with van der Waals surface area (Å²) in [6.45, 7) is 1.96. The number of nitrogens with zero attached hydrogens (tertiary/aromatic N) is 2. The minimum Gasteiger partial charge on any atom is -0.370 e. The van der Waals surface area contributed by atoms with Crippen LogP contribution in [0.15, 0.2) is 47.5 Å². The molecule has 1 aromatic heterocycles. The maximum Gasteiger partial charge on any atom is 0.240 e. The number of benzene rings is 1. The molecule has 2 aromatic rings. The quantitative estimate of drug-likeness (QED) is 0.737. The number of piperidine rings is 1. The Hall–Kier alpha value is -2.52. The van der Waals surface area contributed by atoms with Crippen LogP contribution < -0.4 is 14.9 Å². The van der Waals surface area contributed by atoms with Gasteiger partial charge in [0.05, 0.1) is 16.8 Å². The van der Waals surface area contributed by atoms with Crippen molar-refractivity contribution in [2.24, 2.45) is 0 Å². The number of hydrogen-bond acceptors (Lipinski definition) is 5. The van der Waals surface area contributed by atoms with Gasteiger partial charge in [-0.15, -0.1) is 0 Å². The third kappa shape index (κ3) is 5.49. The zero-order valence-electron chi connectivity index (χ0n) is 15.4. The third-order valence-corrected chi connectivity index (χ3v) is 5.98. The van der Waals surface area contributed by atoms with E-state index in [9.17, 15) is 17.6 Å². The number of sulfonamides is 1. The van der Waals surface area contributed by atoms with Gasteiger partial charge in [0.1, 0.15) is 11.6 Å². The van der Waals surface area contributed by atoms with Crippen LogP contribution in [0.3, 0.4) is 0 Å². The first-order valence-corrected chi connectivity index (χ1v) is 10.7. The second-order valence-electron chi connectivity index (χ2n) is 6.60. The first-order chi connectivity index (χ1) is 13.4. The van der Waals surface area contributed by atoms with E-state index >= 15 is 0 Å². The maximum atomic E-state index is 12.9. The molecule has 2 N–H and O–H groups in total. The van der Waals surface area contributed by atoms with Gasteiger partial charge < -0.3 is 10.2 Å². The van der Waals surface area contributed by atoms with Crippen LogP contribution in [-0.4, -0.2) is 38.9 Å². The van der Waals surface area contributed by atoms with Gasteiger partial charge in [0.2, 0.25) is 15.9 Å². The number of pyridine rings is 1. The number of carbonyl (C=O) groups is 1. The number of halogens is 1. The molecular weight excluding hydrogens is 383 g/mol. The highest BCUT2D eigenvalue weighted by molar-refractivity contribution is 7.89. The molecule has 2 heterocycles. The molecule has 1 aliphatic heterocycles. The van der Waals surface area contributed by atoms with E-state index in [-0.39, 0.29) is 23.8 Å². The van der Waals surface area contributed by atoms with Gasteiger partial charge in [0.25, 0.3) is 0 Å². The molecule has 0 radical (unpaired) electrons. The van der Waals surface area contributed by atoms with Gasteiger partial charge in [0.15, 0.2) is 0 Å². The number of anilines is 2. The first kappa shape index (κ1) is 20.2. The van der Waals surface area contributed by atoms with Crippen LogP contribution >= 0.6 is 0 Å². The van der Waals surface area contributed by atoms with Gasteiger partial charge in [-0.25, -0.2) is 22.5 Å². The zero-order chi connectivity index (χ0) is 20.0. The summed E-state index contributed by atoms with van der Waals surface area (Å²) in [4.78, 5) is 18.5. The maximum absolute atomic E-state index is 12.9. The number of amides is 1. The highest BCUT2D eigenvalue weighted by Gasteiger charge is 2.15. The van der Waals surface area contributed by atoms with E-state index < -0.39 is 15.8 Å². The van der Waals surface area contributed by atoms with E-state index in [0.29, 0.717) is 5.82 Å². The van der Waals surface area contributed by atoms with Crippen LogP contribution in [0.2, 0.25) is 0 Å². The van der Waals surface area contributed by atoms with Crippen molar-refractivity contribution < 1.29 is 17.6 Å². The van der Waals surface area contributed by atoms with Crippen molar-refractivity contribution in [2.75, 3.05) is 29.9 Å². The minimum absolute atomic E-state index is 0.0457.